The number of nitrogens with two attached hydrogens (primary N) is 1. The van der Waals surface area contributed by atoms with Gasteiger partial charge in [0, 0.05) is 18.1 Å². The Hall–Kier alpha value is -2.31. The first-order valence-corrected chi connectivity index (χ1v) is 9.37. The summed E-state index contributed by atoms with van der Waals surface area (Å²) in [6, 6.07) is 10.9. The van der Waals surface area contributed by atoms with Crippen molar-refractivity contribution in [2.24, 2.45) is 0 Å². The Morgan fingerprint density at radius 3 is 2.83 bits per heavy atom. The number of aryl methyl sites for hydroxylation is 1. The summed E-state index contributed by atoms with van der Waals surface area (Å²) in [7, 11) is -3.74. The van der Waals surface area contributed by atoms with Gasteiger partial charge in [0.1, 0.15) is 4.90 Å². The number of hydrogen-bond donors (Lipinski definition) is 2. The van der Waals surface area contributed by atoms with Crippen molar-refractivity contribution < 1.29 is 8.42 Å². The molecule has 5 nitrogen and oxygen atoms in total. The van der Waals surface area contributed by atoms with E-state index in [1.54, 1.807) is 18.3 Å². The number of rotatable bonds is 2. The number of nitrogens with zero attached hydrogens (tertiary/aromatic N) is 1. The van der Waals surface area contributed by atoms with Crippen LogP contribution in [0.3, 0.4) is 0 Å². The smallest absolute Gasteiger partial charge is 0.270 e. The summed E-state index contributed by atoms with van der Waals surface area (Å²) in [4.78, 5) is 0.159. The summed E-state index contributed by atoms with van der Waals surface area (Å²) in [5.41, 5.74) is 10.0. The molecule has 0 saturated heterocycles. The molecule has 0 saturated carbocycles. The van der Waals surface area contributed by atoms with E-state index in [9.17, 15) is 8.42 Å². The fourth-order valence-corrected chi connectivity index (χ4v) is 4.96. The van der Waals surface area contributed by atoms with Crippen LogP contribution in [0, 0.1) is 6.92 Å². The molecule has 1 aliphatic rings. The molecule has 0 aliphatic carbocycles. The van der Waals surface area contributed by atoms with Gasteiger partial charge in [0.05, 0.1) is 11.2 Å². The number of benzene rings is 2. The normalized spacial score (nSPS) is 14.7. The van der Waals surface area contributed by atoms with Gasteiger partial charge < -0.3 is 11.1 Å². The van der Waals surface area contributed by atoms with E-state index in [4.69, 9.17) is 5.73 Å². The van der Waals surface area contributed by atoms with Gasteiger partial charge in [-0.25, -0.2) is 12.4 Å². The molecule has 0 unspecified atom stereocenters. The summed E-state index contributed by atoms with van der Waals surface area (Å²) in [6.45, 7) is 3.45. The number of hydrogen-bond acceptors (Lipinski definition) is 4. The second kappa shape index (κ2) is 5.36. The van der Waals surface area contributed by atoms with Gasteiger partial charge in [-0.2, -0.15) is 0 Å². The topological polar surface area (TPSA) is 77.1 Å². The van der Waals surface area contributed by atoms with E-state index in [1.807, 2.05) is 31.2 Å². The first-order chi connectivity index (χ1) is 11.5. The van der Waals surface area contributed by atoms with Gasteiger partial charge in [-0.05, 0) is 54.8 Å². The monoisotopic (exact) mass is 341 g/mol. The highest BCUT2D eigenvalue weighted by molar-refractivity contribution is 7.90. The van der Waals surface area contributed by atoms with Crippen LogP contribution in [0.15, 0.2) is 47.5 Å². The molecule has 3 aromatic rings. The number of aromatic nitrogens is 1. The Labute approximate surface area is 141 Å². The van der Waals surface area contributed by atoms with Crippen LogP contribution in [0.5, 0.6) is 0 Å². The third kappa shape index (κ3) is 2.22. The van der Waals surface area contributed by atoms with E-state index in [1.165, 1.54) is 3.97 Å². The highest BCUT2D eigenvalue weighted by Crippen LogP contribution is 2.31. The first kappa shape index (κ1) is 15.2. The summed E-state index contributed by atoms with van der Waals surface area (Å²) in [6.07, 6.45) is 2.55. The molecule has 124 valence electrons. The van der Waals surface area contributed by atoms with Gasteiger partial charge in [-0.3, -0.25) is 0 Å². The van der Waals surface area contributed by atoms with E-state index < -0.39 is 10.0 Å². The van der Waals surface area contributed by atoms with E-state index in [-0.39, 0.29) is 10.6 Å². The lowest BCUT2D eigenvalue weighted by atomic mass is 10.1. The quantitative estimate of drug-likeness (QED) is 0.702. The Bertz CT molecular complexity index is 1050. The maximum atomic E-state index is 13.2. The highest BCUT2D eigenvalue weighted by Gasteiger charge is 2.25. The summed E-state index contributed by atoms with van der Waals surface area (Å²) in [5, 5.41) is 4.41. The first-order valence-electron chi connectivity index (χ1n) is 7.93. The molecule has 4 rings (SSSR count). The lowest BCUT2D eigenvalue weighted by molar-refractivity contribution is 0.589. The Morgan fingerprint density at radius 2 is 2.00 bits per heavy atom. The minimum atomic E-state index is -3.74. The van der Waals surface area contributed by atoms with Gasteiger partial charge in [-0.1, -0.05) is 18.2 Å². The summed E-state index contributed by atoms with van der Waals surface area (Å²) < 4.78 is 27.9. The van der Waals surface area contributed by atoms with Crippen LogP contribution in [0.4, 0.5) is 5.69 Å². The zero-order chi connectivity index (χ0) is 16.9. The number of nitrogen functional groups attached to an aromatic ring is 1. The van der Waals surface area contributed by atoms with Gasteiger partial charge in [0.25, 0.3) is 10.0 Å². The predicted octanol–water partition coefficient (Wildman–Crippen LogP) is 2.41. The minimum absolute atomic E-state index is 0.159. The lowest BCUT2D eigenvalue weighted by Crippen LogP contribution is -2.16. The second-order valence-electron chi connectivity index (χ2n) is 6.23. The Morgan fingerprint density at radius 1 is 1.17 bits per heavy atom. The second-order valence-corrected chi connectivity index (χ2v) is 8.02. The molecule has 0 spiro atoms. The average Bonchev–Trinajstić information content (AvgIpc) is 2.81. The number of nitrogens with one attached hydrogen (secondary N) is 1. The summed E-state index contributed by atoms with van der Waals surface area (Å²) >= 11 is 0. The molecule has 0 fully saturated rings. The molecular formula is C18H19N3O2S. The van der Waals surface area contributed by atoms with Crippen LogP contribution in [0.25, 0.3) is 10.9 Å². The fourth-order valence-electron chi connectivity index (χ4n) is 3.37. The Balaban J connectivity index is 2.02. The van der Waals surface area contributed by atoms with Crippen molar-refractivity contribution in [2.45, 2.75) is 24.8 Å². The van der Waals surface area contributed by atoms with Crippen molar-refractivity contribution in [2.75, 3.05) is 12.3 Å². The standard InChI is InChI=1S/C18H19N3O2S/c1-12-5-6-15(19)17(9-12)24(22,23)21-11-14-7-8-20-10-13-3-2-4-16(21)18(13)14/h2-6,9,11,20H,7-8,10,19H2,1H3. The predicted molar refractivity (Wildman–Crippen MR) is 95.5 cm³/mol. The van der Waals surface area contributed by atoms with Crippen LogP contribution in [0.1, 0.15) is 16.7 Å². The molecule has 0 radical (unpaired) electrons. The molecule has 1 aliphatic heterocycles. The van der Waals surface area contributed by atoms with Crippen LogP contribution in [-0.4, -0.2) is 18.9 Å². The van der Waals surface area contributed by atoms with Crippen LogP contribution in [0.2, 0.25) is 0 Å². The van der Waals surface area contributed by atoms with Crippen molar-refractivity contribution in [3.63, 3.8) is 0 Å². The molecule has 2 heterocycles. The Kier molecular flexibility index (Phi) is 3.40. The molecule has 6 heteroatoms. The lowest BCUT2D eigenvalue weighted by Gasteiger charge is -2.11. The fraction of sp³-hybridized carbons (Fsp3) is 0.222. The van der Waals surface area contributed by atoms with Gasteiger partial charge in [-0.15, -0.1) is 0 Å². The zero-order valence-corrected chi connectivity index (χ0v) is 14.2. The third-order valence-electron chi connectivity index (χ3n) is 4.55. The molecule has 0 atom stereocenters. The maximum Gasteiger partial charge on any atom is 0.270 e. The molecule has 0 amide bonds. The van der Waals surface area contributed by atoms with Crippen LogP contribution >= 0.6 is 0 Å². The molecule has 1 aromatic heterocycles. The zero-order valence-electron chi connectivity index (χ0n) is 13.4. The van der Waals surface area contributed by atoms with E-state index in [0.29, 0.717) is 5.52 Å². The summed E-state index contributed by atoms with van der Waals surface area (Å²) in [5.74, 6) is 0. The molecular weight excluding hydrogens is 322 g/mol. The highest BCUT2D eigenvalue weighted by atomic mass is 32.2. The SMILES string of the molecule is Cc1ccc(N)c(S(=O)(=O)n2cc3c4c(cccc42)CNCC3)c1. The van der Waals surface area contributed by atoms with Gasteiger partial charge in [0.15, 0.2) is 0 Å². The van der Waals surface area contributed by atoms with Crippen LogP contribution < -0.4 is 11.1 Å². The van der Waals surface area contributed by atoms with Crippen molar-refractivity contribution in [1.29, 1.82) is 0 Å². The van der Waals surface area contributed by atoms with Gasteiger partial charge >= 0.3 is 0 Å². The largest absolute Gasteiger partial charge is 0.398 e. The number of anilines is 1. The third-order valence-corrected chi connectivity index (χ3v) is 6.28. The molecule has 3 N–H and O–H groups in total. The van der Waals surface area contributed by atoms with Crippen molar-refractivity contribution in [1.82, 2.24) is 9.29 Å². The minimum Gasteiger partial charge on any atom is -0.398 e. The van der Waals surface area contributed by atoms with Crippen molar-refractivity contribution in [3.05, 3.63) is 59.3 Å². The van der Waals surface area contributed by atoms with Crippen LogP contribution in [-0.2, 0) is 23.0 Å². The average molecular weight is 341 g/mol. The molecule has 2 aromatic carbocycles. The van der Waals surface area contributed by atoms with Gasteiger partial charge in [0.2, 0.25) is 0 Å². The maximum absolute atomic E-state index is 13.2. The molecule has 24 heavy (non-hydrogen) atoms. The van der Waals surface area contributed by atoms with E-state index >= 15 is 0 Å². The molecule has 0 bridgehead atoms. The van der Waals surface area contributed by atoms with Crippen molar-refractivity contribution >= 4 is 26.6 Å². The van der Waals surface area contributed by atoms with Crippen molar-refractivity contribution in [3.8, 4) is 0 Å². The van der Waals surface area contributed by atoms with E-state index in [2.05, 4.69) is 5.32 Å². The van der Waals surface area contributed by atoms with E-state index in [0.717, 1.165) is 41.6 Å².